The van der Waals surface area contributed by atoms with Crippen molar-refractivity contribution in [3.63, 3.8) is 0 Å². The van der Waals surface area contributed by atoms with E-state index in [-0.39, 0.29) is 19.1 Å². The van der Waals surface area contributed by atoms with Crippen LogP contribution in [0.15, 0.2) is 12.1 Å². The molecule has 6 nitrogen and oxygen atoms in total. The van der Waals surface area contributed by atoms with Crippen LogP contribution in [0.5, 0.6) is 5.75 Å². The van der Waals surface area contributed by atoms with E-state index in [1.807, 2.05) is 13.0 Å². The molecule has 7 heteroatoms. The van der Waals surface area contributed by atoms with Crippen molar-refractivity contribution in [3.8, 4) is 5.75 Å². The zero-order valence-electron chi connectivity index (χ0n) is 15.7. The van der Waals surface area contributed by atoms with Gasteiger partial charge < -0.3 is 18.9 Å². The topological polar surface area (TPSA) is 71.1 Å². The van der Waals surface area contributed by atoms with Gasteiger partial charge in [-0.1, -0.05) is 11.6 Å². The zero-order chi connectivity index (χ0) is 19.4. The first kappa shape index (κ1) is 20.0. The molecule has 4 heterocycles. The molecule has 1 aliphatic carbocycles. The molecule has 0 spiro atoms. The molecule has 0 saturated heterocycles. The molecule has 27 heavy (non-hydrogen) atoms. The predicted molar refractivity (Wildman–Crippen MR) is 99.1 cm³/mol. The van der Waals surface area contributed by atoms with E-state index in [4.69, 9.17) is 30.5 Å². The maximum atomic E-state index is 12.7. The summed E-state index contributed by atoms with van der Waals surface area (Å²) in [7, 11) is 0. The van der Waals surface area contributed by atoms with Gasteiger partial charge >= 0.3 is 11.9 Å². The highest BCUT2D eigenvalue weighted by Gasteiger charge is 2.47. The second-order valence-corrected chi connectivity index (χ2v) is 7.39. The van der Waals surface area contributed by atoms with E-state index in [2.05, 4.69) is 0 Å². The molecule has 0 aromatic heterocycles. The van der Waals surface area contributed by atoms with Crippen molar-refractivity contribution >= 4 is 23.5 Å². The Kier molecular flexibility index (Phi) is 6.27. The fourth-order valence-corrected chi connectivity index (χ4v) is 3.98. The number of hydrogen-bond acceptors (Lipinski definition) is 6. The van der Waals surface area contributed by atoms with Crippen molar-refractivity contribution in [1.29, 1.82) is 0 Å². The minimum atomic E-state index is -1.25. The Hall–Kier alpha value is -1.79. The van der Waals surface area contributed by atoms with Crippen LogP contribution >= 0.6 is 11.6 Å². The van der Waals surface area contributed by atoms with Crippen LogP contribution in [0.25, 0.3) is 0 Å². The molecular formula is C20H25ClO6. The lowest BCUT2D eigenvalue weighted by Gasteiger charge is -2.37. The monoisotopic (exact) mass is 396 g/mol. The first-order chi connectivity index (χ1) is 12.9. The molecule has 0 atom stereocenters. The second-order valence-electron chi connectivity index (χ2n) is 6.98. The first-order valence-corrected chi connectivity index (χ1v) is 9.74. The predicted octanol–water partition coefficient (Wildman–Crippen LogP) is 3.39. The van der Waals surface area contributed by atoms with Crippen LogP contribution in [0.4, 0.5) is 0 Å². The Morgan fingerprint density at radius 1 is 1.30 bits per heavy atom. The average Bonchev–Trinajstić information content (AvgIpc) is 2.64. The highest BCUT2D eigenvalue weighted by atomic mass is 35.5. The molecule has 148 valence electrons. The number of aryl methyl sites for hydroxylation is 1. The maximum absolute atomic E-state index is 12.7. The van der Waals surface area contributed by atoms with Crippen LogP contribution in [0.3, 0.4) is 0 Å². The number of carbonyl (C=O) groups excluding carboxylic acids is 2. The Labute approximate surface area is 164 Å². The fraction of sp³-hybridized carbons (Fsp3) is 0.600. The van der Waals surface area contributed by atoms with Gasteiger partial charge in [0, 0.05) is 17.9 Å². The minimum Gasteiger partial charge on any atom is -0.491 e. The fourth-order valence-electron chi connectivity index (χ4n) is 3.66. The molecule has 0 amide bonds. The lowest BCUT2D eigenvalue weighted by molar-refractivity contribution is -0.189. The van der Waals surface area contributed by atoms with Gasteiger partial charge in [-0.05, 0) is 49.9 Å². The smallest absolute Gasteiger partial charge is 0.350 e. The van der Waals surface area contributed by atoms with Gasteiger partial charge in [-0.3, -0.25) is 4.79 Å². The van der Waals surface area contributed by atoms with Crippen molar-refractivity contribution in [1.82, 2.24) is 0 Å². The zero-order valence-corrected chi connectivity index (χ0v) is 16.5. The number of halogens is 1. The third-order valence-corrected chi connectivity index (χ3v) is 5.45. The molecule has 1 aromatic rings. The lowest BCUT2D eigenvalue weighted by Crippen LogP contribution is -2.48. The second kappa shape index (κ2) is 8.48. The number of benzene rings is 1. The van der Waals surface area contributed by atoms with Crippen LogP contribution < -0.4 is 4.74 Å². The van der Waals surface area contributed by atoms with Gasteiger partial charge in [0.25, 0.3) is 0 Å². The van der Waals surface area contributed by atoms with Crippen molar-refractivity contribution in [2.45, 2.75) is 57.7 Å². The molecular weight excluding hydrogens is 372 g/mol. The van der Waals surface area contributed by atoms with Crippen LogP contribution in [-0.2, 0) is 30.2 Å². The summed E-state index contributed by atoms with van der Waals surface area (Å²) >= 11 is 6.35. The molecule has 4 bridgehead atoms. The average molecular weight is 397 g/mol. The summed E-state index contributed by atoms with van der Waals surface area (Å²) in [6.45, 7) is 4.69. The molecule has 4 aliphatic heterocycles. The van der Waals surface area contributed by atoms with Gasteiger partial charge in [0.15, 0.2) is 0 Å². The van der Waals surface area contributed by atoms with Gasteiger partial charge in [-0.15, -0.1) is 0 Å². The first-order valence-electron chi connectivity index (χ1n) is 9.36. The van der Waals surface area contributed by atoms with E-state index in [0.29, 0.717) is 55.2 Å². The highest BCUT2D eigenvalue weighted by molar-refractivity contribution is 6.31. The highest BCUT2D eigenvalue weighted by Crippen LogP contribution is 2.36. The van der Waals surface area contributed by atoms with Gasteiger partial charge in [-0.2, -0.15) is 0 Å². The van der Waals surface area contributed by atoms with E-state index in [9.17, 15) is 9.59 Å². The Bertz CT molecular complexity index is 685. The number of hydrogen-bond donors (Lipinski definition) is 0. The molecule has 1 fully saturated rings. The number of esters is 2. The molecule has 0 unspecified atom stereocenters. The number of rotatable bonds is 2. The largest absolute Gasteiger partial charge is 0.491 e. The third-order valence-electron chi connectivity index (χ3n) is 5.12. The van der Waals surface area contributed by atoms with Crippen LogP contribution in [-0.4, -0.2) is 43.5 Å². The van der Waals surface area contributed by atoms with Crippen molar-refractivity contribution in [2.24, 2.45) is 0 Å². The van der Waals surface area contributed by atoms with Crippen molar-refractivity contribution < 1.29 is 28.5 Å². The summed E-state index contributed by atoms with van der Waals surface area (Å²) in [6, 6.07) is 3.52. The van der Waals surface area contributed by atoms with Crippen LogP contribution in [0.2, 0.25) is 5.02 Å². The molecule has 0 radical (unpaired) electrons. The van der Waals surface area contributed by atoms with Crippen LogP contribution in [0, 0.1) is 6.92 Å². The lowest BCUT2D eigenvalue weighted by atomic mass is 9.83. The normalized spacial score (nSPS) is 25.9. The summed E-state index contributed by atoms with van der Waals surface area (Å²) < 4.78 is 22.5. The third kappa shape index (κ3) is 4.55. The Balaban J connectivity index is 1.89. The van der Waals surface area contributed by atoms with E-state index < -0.39 is 17.5 Å². The minimum absolute atomic E-state index is 0.00657. The molecule has 1 saturated carbocycles. The van der Waals surface area contributed by atoms with Gasteiger partial charge in [-0.25, -0.2) is 4.79 Å². The summed E-state index contributed by atoms with van der Waals surface area (Å²) in [5, 5.41) is 0.437. The summed E-state index contributed by atoms with van der Waals surface area (Å²) in [6.07, 6.45) is 2.01. The van der Waals surface area contributed by atoms with Gasteiger partial charge in [0.1, 0.15) is 12.4 Å². The van der Waals surface area contributed by atoms with E-state index >= 15 is 0 Å². The maximum Gasteiger partial charge on any atom is 0.350 e. The standard InChI is InChI=1S/C20H25ClO6/c1-3-24-19(23)20-6-4-14(5-7-20)25-8-9-26-15-10-13(2)16(17(21)11-15)12-18(22)27-20/h10-11,14H,3-9,12H2,1-2H3. The summed E-state index contributed by atoms with van der Waals surface area (Å²) in [5.41, 5.74) is 0.261. The molecule has 0 N–H and O–H groups in total. The van der Waals surface area contributed by atoms with Gasteiger partial charge in [0.2, 0.25) is 5.60 Å². The van der Waals surface area contributed by atoms with Crippen molar-refractivity contribution in [3.05, 3.63) is 28.3 Å². The molecule has 1 aromatic carbocycles. The number of ether oxygens (including phenoxy) is 4. The summed E-state index contributed by atoms with van der Waals surface area (Å²) in [5.74, 6) is -0.334. The summed E-state index contributed by atoms with van der Waals surface area (Å²) in [4.78, 5) is 25.3. The van der Waals surface area contributed by atoms with E-state index in [1.54, 1.807) is 13.0 Å². The Morgan fingerprint density at radius 2 is 2.04 bits per heavy atom. The van der Waals surface area contributed by atoms with Crippen LogP contribution in [0.1, 0.15) is 43.7 Å². The Morgan fingerprint density at radius 3 is 2.70 bits per heavy atom. The van der Waals surface area contributed by atoms with E-state index in [0.717, 1.165) is 5.56 Å². The van der Waals surface area contributed by atoms with Crippen molar-refractivity contribution in [2.75, 3.05) is 19.8 Å². The quantitative estimate of drug-likeness (QED) is 0.713. The van der Waals surface area contributed by atoms with E-state index in [1.165, 1.54) is 0 Å². The molecule has 5 aliphatic rings. The van der Waals surface area contributed by atoms with Gasteiger partial charge in [0.05, 0.1) is 25.7 Å². The number of carbonyl (C=O) groups is 2. The molecule has 6 rings (SSSR count). The SMILES string of the molecule is CCOC(=O)C12CCC(CC1)OCCOc1cc(C)c(c(Cl)c1)CC(=O)O2.